The first-order valence-corrected chi connectivity index (χ1v) is 11.2. The van der Waals surface area contributed by atoms with Crippen molar-refractivity contribution in [3.63, 3.8) is 0 Å². The molecular weight excluding hydrogens is 418 g/mol. The molecule has 2 aromatic heterocycles. The number of nitrogens with zero attached hydrogens (tertiary/aromatic N) is 6. The number of hydrogen-bond acceptors (Lipinski definition) is 7. The van der Waals surface area contributed by atoms with Crippen molar-refractivity contribution in [1.82, 2.24) is 30.0 Å². The lowest BCUT2D eigenvalue weighted by atomic mass is 10.0. The fourth-order valence-electron chi connectivity index (χ4n) is 3.90. The molecule has 3 heterocycles. The molecule has 0 spiro atoms. The van der Waals surface area contributed by atoms with Crippen LogP contribution in [0.25, 0.3) is 0 Å². The second-order valence-corrected chi connectivity index (χ2v) is 8.41. The average Bonchev–Trinajstić information content (AvgIpc) is 3.46. The van der Waals surface area contributed by atoms with E-state index in [0.717, 1.165) is 55.2 Å². The molecule has 0 saturated carbocycles. The van der Waals surface area contributed by atoms with Crippen molar-refractivity contribution in [2.24, 2.45) is 5.92 Å². The molecular formula is C24H31N7O2. The van der Waals surface area contributed by atoms with E-state index in [4.69, 9.17) is 9.47 Å². The van der Waals surface area contributed by atoms with Crippen LogP contribution in [-0.4, -0.2) is 49.8 Å². The van der Waals surface area contributed by atoms with Crippen molar-refractivity contribution in [2.75, 3.05) is 25.1 Å². The fraction of sp³-hybridized carbons (Fsp3) is 0.417. The molecule has 0 bridgehead atoms. The molecule has 1 aliphatic rings. The summed E-state index contributed by atoms with van der Waals surface area (Å²) in [6.45, 7) is 13.2. The van der Waals surface area contributed by atoms with Crippen molar-refractivity contribution < 1.29 is 9.47 Å². The molecule has 0 aliphatic carbocycles. The Bertz CT molecular complexity index is 1070. The summed E-state index contributed by atoms with van der Waals surface area (Å²) in [7, 11) is 0. The van der Waals surface area contributed by atoms with Crippen molar-refractivity contribution in [2.45, 2.75) is 38.9 Å². The van der Waals surface area contributed by atoms with Crippen LogP contribution in [0.4, 0.5) is 5.69 Å². The lowest BCUT2D eigenvalue weighted by Crippen LogP contribution is -2.21. The van der Waals surface area contributed by atoms with Gasteiger partial charge in [0.2, 0.25) is 0 Å². The third kappa shape index (κ3) is 6.07. The molecule has 1 atom stereocenters. The normalized spacial score (nSPS) is 15.2. The highest BCUT2D eigenvalue weighted by molar-refractivity contribution is 5.51. The van der Waals surface area contributed by atoms with E-state index in [1.807, 2.05) is 42.1 Å². The third-order valence-electron chi connectivity index (χ3n) is 5.52. The van der Waals surface area contributed by atoms with Crippen LogP contribution in [0.2, 0.25) is 0 Å². The van der Waals surface area contributed by atoms with E-state index >= 15 is 0 Å². The Hall–Kier alpha value is -3.46. The number of benzene rings is 1. The van der Waals surface area contributed by atoms with Gasteiger partial charge in [0.05, 0.1) is 12.7 Å². The van der Waals surface area contributed by atoms with Crippen LogP contribution < -0.4 is 10.1 Å². The zero-order valence-corrected chi connectivity index (χ0v) is 19.1. The van der Waals surface area contributed by atoms with Crippen LogP contribution in [0.3, 0.4) is 0 Å². The Balaban J connectivity index is 1.60. The van der Waals surface area contributed by atoms with Gasteiger partial charge in [0, 0.05) is 43.3 Å². The average molecular weight is 450 g/mol. The van der Waals surface area contributed by atoms with Gasteiger partial charge in [0.15, 0.2) is 5.82 Å². The highest BCUT2D eigenvalue weighted by atomic mass is 16.5. The maximum Gasteiger partial charge on any atom is 0.178 e. The molecule has 3 aromatic rings. The van der Waals surface area contributed by atoms with E-state index < -0.39 is 0 Å². The number of ether oxygens (including phenoxy) is 2. The molecule has 1 aliphatic heterocycles. The molecule has 1 unspecified atom stereocenters. The Morgan fingerprint density at radius 2 is 2.21 bits per heavy atom. The third-order valence-corrected chi connectivity index (χ3v) is 5.52. The van der Waals surface area contributed by atoms with E-state index in [0.29, 0.717) is 24.9 Å². The minimum absolute atomic E-state index is 0.294. The Morgan fingerprint density at radius 1 is 1.36 bits per heavy atom. The van der Waals surface area contributed by atoms with Crippen LogP contribution >= 0.6 is 0 Å². The Morgan fingerprint density at radius 3 is 3.00 bits per heavy atom. The highest BCUT2D eigenvalue weighted by Gasteiger charge is 2.24. The van der Waals surface area contributed by atoms with Crippen molar-refractivity contribution >= 4 is 5.69 Å². The molecule has 1 aromatic carbocycles. The monoisotopic (exact) mass is 449 g/mol. The summed E-state index contributed by atoms with van der Waals surface area (Å²) in [6, 6.07) is 7.52. The van der Waals surface area contributed by atoms with Gasteiger partial charge in [-0.25, -0.2) is 4.68 Å². The molecule has 0 amide bonds. The van der Waals surface area contributed by atoms with Gasteiger partial charge in [0.1, 0.15) is 18.4 Å². The van der Waals surface area contributed by atoms with Crippen LogP contribution in [0.5, 0.6) is 5.75 Å². The summed E-state index contributed by atoms with van der Waals surface area (Å²) < 4.78 is 15.0. The first-order valence-electron chi connectivity index (χ1n) is 11.2. The van der Waals surface area contributed by atoms with Crippen molar-refractivity contribution in [3.05, 3.63) is 72.9 Å². The first kappa shape index (κ1) is 22.7. The van der Waals surface area contributed by atoms with Gasteiger partial charge in [-0.15, -0.1) is 5.10 Å². The molecule has 33 heavy (non-hydrogen) atoms. The van der Waals surface area contributed by atoms with Crippen molar-refractivity contribution in [1.29, 1.82) is 0 Å². The lowest BCUT2D eigenvalue weighted by molar-refractivity contribution is 0.0601. The molecule has 9 heteroatoms. The van der Waals surface area contributed by atoms with Crippen LogP contribution in [-0.2, 0) is 17.8 Å². The quantitative estimate of drug-likeness (QED) is 0.447. The summed E-state index contributed by atoms with van der Waals surface area (Å²) in [4.78, 5) is 0. The fourth-order valence-corrected chi connectivity index (χ4v) is 3.90. The van der Waals surface area contributed by atoms with Crippen LogP contribution in [0.1, 0.15) is 37.2 Å². The molecule has 9 nitrogen and oxygen atoms in total. The summed E-state index contributed by atoms with van der Waals surface area (Å²) in [5, 5.41) is 20.7. The van der Waals surface area contributed by atoms with Gasteiger partial charge in [-0.2, -0.15) is 5.10 Å². The van der Waals surface area contributed by atoms with E-state index in [2.05, 4.69) is 45.3 Å². The maximum atomic E-state index is 5.70. The smallest absolute Gasteiger partial charge is 0.178 e. The van der Waals surface area contributed by atoms with Gasteiger partial charge in [-0.3, -0.25) is 4.68 Å². The van der Waals surface area contributed by atoms with Crippen LogP contribution in [0.15, 0.2) is 61.5 Å². The zero-order chi connectivity index (χ0) is 23.0. The standard InChI is InChI=1S/C24H31N7O2/c1-4-10-33-22-7-5-6-21(13-22)26-23(24-27-28-29-31(24)15-18(2)3)20-14-25-30(17-20)16-19-8-11-32-12-9-19/h4-7,13-14,17,19,23,26H,1-2,8-12,15-16H2,3H3. The summed E-state index contributed by atoms with van der Waals surface area (Å²) in [6.07, 6.45) is 7.80. The molecule has 1 fully saturated rings. The summed E-state index contributed by atoms with van der Waals surface area (Å²) in [5.74, 6) is 2.03. The largest absolute Gasteiger partial charge is 0.489 e. The van der Waals surface area contributed by atoms with E-state index in [9.17, 15) is 0 Å². The van der Waals surface area contributed by atoms with E-state index in [-0.39, 0.29) is 6.04 Å². The molecule has 4 rings (SSSR count). The predicted molar refractivity (Wildman–Crippen MR) is 126 cm³/mol. The zero-order valence-electron chi connectivity index (χ0n) is 19.1. The topological polar surface area (TPSA) is 91.9 Å². The van der Waals surface area contributed by atoms with Gasteiger partial charge in [-0.1, -0.05) is 30.9 Å². The second-order valence-electron chi connectivity index (χ2n) is 8.41. The number of tetrazole rings is 1. The molecule has 1 N–H and O–H groups in total. The highest BCUT2D eigenvalue weighted by Crippen LogP contribution is 2.28. The minimum Gasteiger partial charge on any atom is -0.489 e. The lowest BCUT2D eigenvalue weighted by Gasteiger charge is -2.22. The SMILES string of the molecule is C=CCOc1cccc(NC(c2cnn(CC3CCOCC3)c2)c2nnnn2CC(=C)C)c1. The number of hydrogen-bond donors (Lipinski definition) is 1. The van der Waals surface area contributed by atoms with Gasteiger partial charge in [-0.05, 0) is 48.2 Å². The number of nitrogens with one attached hydrogen (secondary N) is 1. The second kappa shape index (κ2) is 10.9. The minimum atomic E-state index is -0.294. The van der Waals surface area contributed by atoms with Crippen molar-refractivity contribution in [3.8, 4) is 5.75 Å². The summed E-state index contributed by atoms with van der Waals surface area (Å²) in [5.41, 5.74) is 2.85. The molecule has 0 radical (unpaired) electrons. The Kier molecular flexibility index (Phi) is 7.51. The number of aromatic nitrogens is 6. The Labute approximate surface area is 194 Å². The number of anilines is 1. The van der Waals surface area contributed by atoms with Gasteiger partial charge < -0.3 is 14.8 Å². The van der Waals surface area contributed by atoms with Crippen LogP contribution in [0, 0.1) is 5.92 Å². The summed E-state index contributed by atoms with van der Waals surface area (Å²) >= 11 is 0. The van der Waals surface area contributed by atoms with E-state index in [1.54, 1.807) is 10.8 Å². The van der Waals surface area contributed by atoms with Gasteiger partial charge >= 0.3 is 0 Å². The predicted octanol–water partition coefficient (Wildman–Crippen LogP) is 3.64. The van der Waals surface area contributed by atoms with E-state index in [1.165, 1.54) is 0 Å². The van der Waals surface area contributed by atoms with Gasteiger partial charge in [0.25, 0.3) is 0 Å². The number of rotatable bonds is 11. The number of allylic oxidation sites excluding steroid dienone is 1. The first-order chi connectivity index (χ1) is 16.1. The maximum absolute atomic E-state index is 5.70. The molecule has 1 saturated heterocycles. The molecule has 174 valence electrons.